The Bertz CT molecular complexity index is 603. The second kappa shape index (κ2) is 6.66. The summed E-state index contributed by atoms with van der Waals surface area (Å²) < 4.78 is 5.48. The number of benzene rings is 1. The van der Waals surface area contributed by atoms with Crippen LogP contribution in [0, 0.1) is 23.7 Å². The van der Waals surface area contributed by atoms with Crippen molar-refractivity contribution in [2.24, 2.45) is 23.7 Å². The van der Waals surface area contributed by atoms with Gasteiger partial charge in [-0.1, -0.05) is 18.6 Å². The van der Waals surface area contributed by atoms with E-state index < -0.39 is 0 Å². The van der Waals surface area contributed by atoms with Crippen LogP contribution in [0.1, 0.15) is 32.1 Å². The molecule has 130 valence electrons. The Balaban J connectivity index is 1.29. The number of carbonyl (C=O) groups excluding carboxylic acids is 1. The number of amides is 1. The van der Waals surface area contributed by atoms with Gasteiger partial charge in [0.1, 0.15) is 5.75 Å². The van der Waals surface area contributed by atoms with Gasteiger partial charge in [-0.2, -0.15) is 0 Å². The Morgan fingerprint density at radius 2 is 2.12 bits per heavy atom. The average Bonchev–Trinajstić information content (AvgIpc) is 3.36. The van der Waals surface area contributed by atoms with E-state index in [1.807, 2.05) is 12.1 Å². The Morgan fingerprint density at radius 3 is 2.88 bits per heavy atom. The Kier molecular flexibility index (Phi) is 4.38. The van der Waals surface area contributed by atoms with Crippen LogP contribution >= 0.6 is 0 Å². The SMILES string of the molecule is COc1ccccc1N1CC[C@@H](CNC(=O)[C@@H]2C[C@H]3CC[C@H]2C3)C1. The third-order valence-electron chi connectivity index (χ3n) is 6.35. The minimum Gasteiger partial charge on any atom is -0.495 e. The maximum Gasteiger partial charge on any atom is 0.223 e. The Hall–Kier alpha value is -1.71. The van der Waals surface area contributed by atoms with E-state index in [2.05, 4.69) is 22.3 Å². The molecule has 1 amide bonds. The van der Waals surface area contributed by atoms with E-state index in [9.17, 15) is 4.79 Å². The molecule has 3 fully saturated rings. The van der Waals surface area contributed by atoms with Gasteiger partial charge in [-0.3, -0.25) is 4.79 Å². The van der Waals surface area contributed by atoms with Crippen LogP contribution in [0.15, 0.2) is 24.3 Å². The van der Waals surface area contributed by atoms with Gasteiger partial charge in [-0.05, 0) is 55.6 Å². The molecule has 4 nitrogen and oxygen atoms in total. The monoisotopic (exact) mass is 328 g/mol. The van der Waals surface area contributed by atoms with Crippen molar-refractivity contribution >= 4 is 11.6 Å². The summed E-state index contributed by atoms with van der Waals surface area (Å²) >= 11 is 0. The van der Waals surface area contributed by atoms with Crippen molar-refractivity contribution in [1.29, 1.82) is 0 Å². The predicted octanol–water partition coefficient (Wildman–Crippen LogP) is 3.07. The van der Waals surface area contributed by atoms with Gasteiger partial charge in [0.05, 0.1) is 12.8 Å². The molecule has 3 aliphatic rings. The highest BCUT2D eigenvalue weighted by Gasteiger charge is 2.43. The van der Waals surface area contributed by atoms with Crippen molar-refractivity contribution in [3.8, 4) is 5.75 Å². The van der Waals surface area contributed by atoms with E-state index in [4.69, 9.17) is 4.74 Å². The lowest BCUT2D eigenvalue weighted by atomic mass is 9.88. The van der Waals surface area contributed by atoms with Crippen molar-refractivity contribution in [2.75, 3.05) is 31.6 Å². The molecule has 2 saturated carbocycles. The van der Waals surface area contributed by atoms with Crippen molar-refractivity contribution in [1.82, 2.24) is 5.32 Å². The summed E-state index contributed by atoms with van der Waals surface area (Å²) in [6, 6.07) is 8.20. The van der Waals surface area contributed by atoms with E-state index in [-0.39, 0.29) is 0 Å². The quantitative estimate of drug-likeness (QED) is 0.903. The van der Waals surface area contributed by atoms with Crippen molar-refractivity contribution < 1.29 is 9.53 Å². The van der Waals surface area contributed by atoms with Crippen molar-refractivity contribution in [3.05, 3.63) is 24.3 Å². The van der Waals surface area contributed by atoms with Gasteiger partial charge in [0.25, 0.3) is 0 Å². The van der Waals surface area contributed by atoms with E-state index in [1.54, 1.807) is 7.11 Å². The first-order valence-electron chi connectivity index (χ1n) is 9.40. The van der Waals surface area contributed by atoms with Gasteiger partial charge in [0.2, 0.25) is 5.91 Å². The molecular formula is C20H28N2O2. The molecule has 4 heteroatoms. The number of rotatable bonds is 5. The fourth-order valence-corrected chi connectivity index (χ4v) is 5.05. The van der Waals surface area contributed by atoms with Crippen molar-refractivity contribution in [3.63, 3.8) is 0 Å². The number of hydrogen-bond acceptors (Lipinski definition) is 3. The summed E-state index contributed by atoms with van der Waals surface area (Å²) in [4.78, 5) is 14.9. The van der Waals surface area contributed by atoms with E-state index >= 15 is 0 Å². The highest BCUT2D eigenvalue weighted by molar-refractivity contribution is 5.79. The summed E-state index contributed by atoms with van der Waals surface area (Å²) in [5.41, 5.74) is 1.17. The van der Waals surface area contributed by atoms with E-state index in [0.717, 1.165) is 44.1 Å². The average molecular weight is 328 g/mol. The number of ether oxygens (including phenoxy) is 1. The molecule has 1 N–H and O–H groups in total. The van der Waals surface area contributed by atoms with Crippen LogP contribution in [0.4, 0.5) is 5.69 Å². The second-order valence-electron chi connectivity index (χ2n) is 7.80. The van der Waals surface area contributed by atoms with Crippen LogP contribution in [0.2, 0.25) is 0 Å². The molecule has 0 spiro atoms. The molecule has 24 heavy (non-hydrogen) atoms. The molecule has 1 saturated heterocycles. The molecule has 0 aromatic heterocycles. The van der Waals surface area contributed by atoms with Gasteiger partial charge in [-0.25, -0.2) is 0 Å². The lowest BCUT2D eigenvalue weighted by Crippen LogP contribution is -2.37. The molecule has 4 rings (SSSR count). The number of hydrogen-bond donors (Lipinski definition) is 1. The van der Waals surface area contributed by atoms with Crippen LogP contribution < -0.4 is 15.0 Å². The van der Waals surface area contributed by atoms with E-state index in [1.165, 1.54) is 24.9 Å². The molecule has 0 radical (unpaired) electrons. The van der Waals surface area contributed by atoms with Crippen molar-refractivity contribution in [2.45, 2.75) is 32.1 Å². The van der Waals surface area contributed by atoms with Crippen LogP contribution in [0.25, 0.3) is 0 Å². The van der Waals surface area contributed by atoms with Gasteiger partial charge in [0, 0.05) is 25.6 Å². The van der Waals surface area contributed by atoms with Gasteiger partial charge in [-0.15, -0.1) is 0 Å². The number of nitrogens with zero attached hydrogens (tertiary/aromatic N) is 1. The Morgan fingerprint density at radius 1 is 1.25 bits per heavy atom. The van der Waals surface area contributed by atoms with Gasteiger partial charge < -0.3 is 15.0 Å². The normalized spacial score (nSPS) is 31.5. The molecule has 1 aliphatic heterocycles. The highest BCUT2D eigenvalue weighted by Crippen LogP contribution is 2.48. The molecular weight excluding hydrogens is 300 g/mol. The first-order valence-corrected chi connectivity index (χ1v) is 9.40. The lowest BCUT2D eigenvalue weighted by Gasteiger charge is -2.23. The number of carbonyl (C=O) groups is 1. The largest absolute Gasteiger partial charge is 0.495 e. The molecule has 0 unspecified atom stereocenters. The molecule has 4 atom stereocenters. The predicted molar refractivity (Wildman–Crippen MR) is 95.3 cm³/mol. The molecule has 1 heterocycles. The van der Waals surface area contributed by atoms with Crippen LogP contribution in [0.5, 0.6) is 5.75 Å². The number of methoxy groups -OCH3 is 1. The molecule has 1 aromatic rings. The minimum atomic E-state index is 0.301. The standard InChI is InChI=1S/C20H28N2O2/c1-24-19-5-3-2-4-18(19)22-9-8-15(13-22)12-21-20(23)17-11-14-6-7-16(17)10-14/h2-5,14-17H,6-13H2,1H3,(H,21,23)/t14-,15-,16-,17+/m0/s1. The minimum absolute atomic E-state index is 0.301. The number of para-hydroxylation sites is 2. The summed E-state index contributed by atoms with van der Waals surface area (Å²) in [5.74, 6) is 3.59. The first-order chi connectivity index (χ1) is 11.7. The van der Waals surface area contributed by atoms with Crippen LogP contribution in [0.3, 0.4) is 0 Å². The number of fused-ring (bicyclic) bond motifs is 2. The van der Waals surface area contributed by atoms with E-state index in [0.29, 0.717) is 23.7 Å². The molecule has 1 aromatic carbocycles. The zero-order valence-corrected chi connectivity index (χ0v) is 14.5. The first kappa shape index (κ1) is 15.8. The number of anilines is 1. The number of nitrogens with one attached hydrogen (secondary N) is 1. The fraction of sp³-hybridized carbons (Fsp3) is 0.650. The topological polar surface area (TPSA) is 41.6 Å². The van der Waals surface area contributed by atoms with Gasteiger partial charge >= 0.3 is 0 Å². The maximum atomic E-state index is 12.5. The zero-order valence-electron chi connectivity index (χ0n) is 14.5. The fourth-order valence-electron chi connectivity index (χ4n) is 5.05. The van der Waals surface area contributed by atoms with Crippen LogP contribution in [-0.2, 0) is 4.79 Å². The maximum absolute atomic E-state index is 12.5. The molecule has 2 aliphatic carbocycles. The summed E-state index contributed by atoms with van der Waals surface area (Å²) in [5, 5.41) is 3.26. The van der Waals surface area contributed by atoms with Gasteiger partial charge in [0.15, 0.2) is 0 Å². The summed E-state index contributed by atoms with van der Waals surface area (Å²) in [6.45, 7) is 2.85. The highest BCUT2D eigenvalue weighted by atomic mass is 16.5. The zero-order chi connectivity index (χ0) is 16.5. The summed E-state index contributed by atoms with van der Waals surface area (Å²) in [6.07, 6.45) is 6.19. The third kappa shape index (κ3) is 2.99. The second-order valence-corrected chi connectivity index (χ2v) is 7.80. The Labute approximate surface area is 144 Å². The lowest BCUT2D eigenvalue weighted by molar-refractivity contribution is -0.126. The third-order valence-corrected chi connectivity index (χ3v) is 6.35. The van der Waals surface area contributed by atoms with Crippen LogP contribution in [-0.4, -0.2) is 32.7 Å². The summed E-state index contributed by atoms with van der Waals surface area (Å²) in [7, 11) is 1.72. The smallest absolute Gasteiger partial charge is 0.223 e. The molecule has 2 bridgehead atoms.